The highest BCUT2D eigenvalue weighted by Gasteiger charge is 2.16. The molecule has 0 aliphatic rings. The van der Waals surface area contributed by atoms with E-state index in [4.69, 9.17) is 16.3 Å². The number of carbonyl (C=O) groups excluding carboxylic acids is 1. The summed E-state index contributed by atoms with van der Waals surface area (Å²) in [7, 11) is 4.06. The summed E-state index contributed by atoms with van der Waals surface area (Å²) in [5.74, 6) is 0.438. The van der Waals surface area contributed by atoms with Crippen molar-refractivity contribution < 1.29 is 9.53 Å². The molecule has 0 aliphatic carbocycles. The molecule has 138 valence electrons. The van der Waals surface area contributed by atoms with Gasteiger partial charge in [0, 0.05) is 23.9 Å². The van der Waals surface area contributed by atoms with Crippen molar-refractivity contribution in [3.05, 3.63) is 28.9 Å². The molecule has 0 saturated heterocycles. The first kappa shape index (κ1) is 19.8. The van der Waals surface area contributed by atoms with Gasteiger partial charge in [0.2, 0.25) is 0 Å². The van der Waals surface area contributed by atoms with E-state index in [1.807, 2.05) is 32.3 Å². The third-order valence-electron chi connectivity index (χ3n) is 4.35. The van der Waals surface area contributed by atoms with Crippen molar-refractivity contribution >= 4 is 28.5 Å². The van der Waals surface area contributed by atoms with Gasteiger partial charge in [-0.2, -0.15) is 0 Å². The standard InChI is InChI=1S/C20H29ClN2O2/c1-4-5-6-7-8-12-18(24)25-17-11-9-10-16-19(17)15(20(21)22-16)13-14-23(2)3/h9-11,22H,4-8,12-14H2,1-3H3. The Morgan fingerprint density at radius 2 is 1.96 bits per heavy atom. The fraction of sp³-hybridized carbons (Fsp3) is 0.550. The van der Waals surface area contributed by atoms with Gasteiger partial charge in [0.15, 0.2) is 0 Å². The zero-order chi connectivity index (χ0) is 18.2. The van der Waals surface area contributed by atoms with E-state index in [0.717, 1.165) is 42.3 Å². The minimum Gasteiger partial charge on any atom is -0.426 e. The van der Waals surface area contributed by atoms with Crippen LogP contribution in [-0.2, 0) is 11.2 Å². The highest BCUT2D eigenvalue weighted by atomic mass is 35.5. The van der Waals surface area contributed by atoms with Gasteiger partial charge >= 0.3 is 5.97 Å². The van der Waals surface area contributed by atoms with Crippen molar-refractivity contribution in [2.24, 2.45) is 0 Å². The number of aromatic nitrogens is 1. The lowest BCUT2D eigenvalue weighted by molar-refractivity contribution is -0.134. The molecule has 0 atom stereocenters. The number of hydrogen-bond acceptors (Lipinski definition) is 3. The normalized spacial score (nSPS) is 11.4. The van der Waals surface area contributed by atoms with Gasteiger partial charge in [0.1, 0.15) is 10.9 Å². The van der Waals surface area contributed by atoms with Gasteiger partial charge in [-0.15, -0.1) is 0 Å². The zero-order valence-electron chi connectivity index (χ0n) is 15.5. The predicted molar refractivity (Wildman–Crippen MR) is 105 cm³/mol. The Morgan fingerprint density at radius 1 is 1.20 bits per heavy atom. The lowest BCUT2D eigenvalue weighted by atomic mass is 10.1. The van der Waals surface area contributed by atoms with Crippen molar-refractivity contribution in [1.29, 1.82) is 0 Å². The fourth-order valence-electron chi connectivity index (χ4n) is 2.95. The average molecular weight is 365 g/mol. The Hall–Kier alpha value is -1.52. The number of carbonyl (C=O) groups is 1. The molecule has 0 radical (unpaired) electrons. The van der Waals surface area contributed by atoms with Crippen LogP contribution in [0.5, 0.6) is 5.75 Å². The number of halogens is 1. The largest absolute Gasteiger partial charge is 0.426 e. The van der Waals surface area contributed by atoms with Crippen LogP contribution < -0.4 is 4.74 Å². The van der Waals surface area contributed by atoms with Crippen LogP contribution in [0.3, 0.4) is 0 Å². The molecule has 0 bridgehead atoms. The summed E-state index contributed by atoms with van der Waals surface area (Å²) in [4.78, 5) is 17.5. The number of unbranched alkanes of at least 4 members (excludes halogenated alkanes) is 4. The molecule has 2 aromatic rings. The number of aromatic amines is 1. The number of benzene rings is 1. The number of rotatable bonds is 10. The lowest BCUT2D eigenvalue weighted by Crippen LogP contribution is -2.15. The van der Waals surface area contributed by atoms with E-state index in [9.17, 15) is 4.79 Å². The zero-order valence-corrected chi connectivity index (χ0v) is 16.3. The first-order chi connectivity index (χ1) is 12.0. The highest BCUT2D eigenvalue weighted by molar-refractivity contribution is 6.32. The van der Waals surface area contributed by atoms with Gasteiger partial charge < -0.3 is 14.6 Å². The molecular formula is C20H29ClN2O2. The third-order valence-corrected chi connectivity index (χ3v) is 4.68. The molecule has 2 rings (SSSR count). The summed E-state index contributed by atoms with van der Waals surface area (Å²) in [6, 6.07) is 5.69. The van der Waals surface area contributed by atoms with Gasteiger partial charge in [0.05, 0.1) is 5.52 Å². The maximum Gasteiger partial charge on any atom is 0.311 e. The summed E-state index contributed by atoms with van der Waals surface area (Å²) >= 11 is 6.38. The highest BCUT2D eigenvalue weighted by Crippen LogP contribution is 2.34. The molecule has 4 nitrogen and oxygen atoms in total. The Morgan fingerprint density at radius 3 is 2.68 bits per heavy atom. The van der Waals surface area contributed by atoms with E-state index in [0.29, 0.717) is 17.3 Å². The van der Waals surface area contributed by atoms with Crippen LogP contribution >= 0.6 is 11.6 Å². The quantitative estimate of drug-likeness (QED) is 0.358. The number of H-pyrrole nitrogens is 1. The topological polar surface area (TPSA) is 45.3 Å². The second-order valence-corrected chi connectivity index (χ2v) is 7.17. The maximum absolute atomic E-state index is 12.2. The van der Waals surface area contributed by atoms with Gasteiger partial charge in [-0.1, -0.05) is 50.3 Å². The number of hydrogen-bond donors (Lipinski definition) is 1. The molecule has 5 heteroatoms. The second kappa shape index (κ2) is 9.83. The van der Waals surface area contributed by atoms with Crippen molar-refractivity contribution in [2.75, 3.05) is 20.6 Å². The number of esters is 1. The van der Waals surface area contributed by atoms with Gasteiger partial charge in [-0.3, -0.25) is 4.79 Å². The number of likely N-dealkylation sites (N-methyl/N-ethyl adjacent to an activating group) is 1. The fourth-order valence-corrected chi connectivity index (χ4v) is 3.24. The maximum atomic E-state index is 12.2. The van der Waals surface area contributed by atoms with Crippen molar-refractivity contribution in [2.45, 2.75) is 51.9 Å². The van der Waals surface area contributed by atoms with Crippen LogP contribution in [0.25, 0.3) is 10.9 Å². The number of nitrogens with zero attached hydrogens (tertiary/aromatic N) is 1. The molecule has 1 aromatic heterocycles. The first-order valence-corrected chi connectivity index (χ1v) is 9.55. The van der Waals surface area contributed by atoms with Gasteiger partial charge in [-0.05, 0) is 39.1 Å². The van der Waals surface area contributed by atoms with Crippen molar-refractivity contribution in [1.82, 2.24) is 9.88 Å². The van der Waals surface area contributed by atoms with Crippen LogP contribution in [0.1, 0.15) is 51.0 Å². The Kier molecular flexibility index (Phi) is 7.79. The summed E-state index contributed by atoms with van der Waals surface area (Å²) in [6.07, 6.45) is 6.85. The van der Waals surface area contributed by atoms with E-state index >= 15 is 0 Å². The Bertz CT molecular complexity index is 694. The summed E-state index contributed by atoms with van der Waals surface area (Å²) < 4.78 is 5.66. The molecule has 1 heterocycles. The van der Waals surface area contributed by atoms with E-state index < -0.39 is 0 Å². The smallest absolute Gasteiger partial charge is 0.311 e. The van der Waals surface area contributed by atoms with Crippen LogP contribution in [0.15, 0.2) is 18.2 Å². The van der Waals surface area contributed by atoms with E-state index in [1.54, 1.807) is 0 Å². The van der Waals surface area contributed by atoms with E-state index in [-0.39, 0.29) is 5.97 Å². The van der Waals surface area contributed by atoms with Gasteiger partial charge in [0.25, 0.3) is 0 Å². The number of ether oxygens (including phenoxy) is 1. The minimum absolute atomic E-state index is 0.167. The molecule has 0 aliphatic heterocycles. The third kappa shape index (κ3) is 5.75. The van der Waals surface area contributed by atoms with Crippen LogP contribution in [0.2, 0.25) is 5.15 Å². The summed E-state index contributed by atoms with van der Waals surface area (Å²) in [6.45, 7) is 3.07. The molecule has 1 N–H and O–H groups in total. The first-order valence-electron chi connectivity index (χ1n) is 9.17. The Balaban J connectivity index is 2.08. The van der Waals surface area contributed by atoms with Crippen molar-refractivity contribution in [3.63, 3.8) is 0 Å². The second-order valence-electron chi connectivity index (χ2n) is 6.79. The molecule has 25 heavy (non-hydrogen) atoms. The van der Waals surface area contributed by atoms with Crippen LogP contribution in [0, 0.1) is 0 Å². The van der Waals surface area contributed by atoms with Crippen LogP contribution in [-0.4, -0.2) is 36.5 Å². The monoisotopic (exact) mass is 364 g/mol. The molecule has 1 aromatic carbocycles. The minimum atomic E-state index is -0.167. The molecule has 0 unspecified atom stereocenters. The molecule has 0 spiro atoms. The van der Waals surface area contributed by atoms with E-state index in [2.05, 4.69) is 16.8 Å². The number of nitrogens with one attached hydrogen (secondary N) is 1. The predicted octanol–water partition coefficient (Wildman–Crippen LogP) is 5.19. The Labute approximate surface area is 155 Å². The van der Waals surface area contributed by atoms with Crippen molar-refractivity contribution in [3.8, 4) is 5.75 Å². The number of fused-ring (bicyclic) bond motifs is 1. The molecular weight excluding hydrogens is 336 g/mol. The lowest BCUT2D eigenvalue weighted by Gasteiger charge is -2.11. The summed E-state index contributed by atoms with van der Waals surface area (Å²) in [5.41, 5.74) is 1.92. The molecule has 0 fully saturated rings. The van der Waals surface area contributed by atoms with Crippen LogP contribution in [0.4, 0.5) is 0 Å². The SMILES string of the molecule is CCCCCCCC(=O)Oc1cccc2[nH]c(Cl)c(CCN(C)C)c12. The summed E-state index contributed by atoms with van der Waals surface area (Å²) in [5, 5.41) is 1.55. The molecule has 0 saturated carbocycles. The molecule has 0 amide bonds. The van der Waals surface area contributed by atoms with E-state index in [1.165, 1.54) is 19.3 Å². The average Bonchev–Trinajstić information content (AvgIpc) is 2.89. The van der Waals surface area contributed by atoms with Gasteiger partial charge in [-0.25, -0.2) is 0 Å².